The molecule has 0 spiro atoms. The summed E-state index contributed by atoms with van der Waals surface area (Å²) in [5.74, 6) is -0.461. The quantitative estimate of drug-likeness (QED) is 0.449. The van der Waals surface area contributed by atoms with Crippen LogP contribution in [0.5, 0.6) is 0 Å². The molecule has 1 amide bonds. The first-order valence-electron chi connectivity index (χ1n) is 1.66. The minimum Gasteiger partial charge on any atom is -0.396 e. The van der Waals surface area contributed by atoms with Gasteiger partial charge in [0.2, 0.25) is 5.91 Å². The predicted octanol–water partition coefficient (Wildman–Crippen LogP) is -1.15. The predicted molar refractivity (Wildman–Crippen MR) is 20.9 cm³/mol. The van der Waals surface area contributed by atoms with Crippen molar-refractivity contribution >= 4 is 5.91 Å². The second-order valence-electron chi connectivity index (χ2n) is 0.940. The summed E-state index contributed by atoms with van der Waals surface area (Å²) in [5.41, 5.74) is 4.60. The van der Waals surface area contributed by atoms with E-state index in [1.807, 2.05) is 0 Å². The Bertz CT molecular complexity index is 52.8. The molecule has 0 atom stereocenters. The third-order valence-electron chi connectivity index (χ3n) is 0.358. The van der Waals surface area contributed by atoms with Gasteiger partial charge in [0, 0.05) is 6.42 Å². The Morgan fingerprint density at radius 1 is 1.83 bits per heavy atom. The largest absolute Gasteiger partial charge is 0.396 e. The SMILES string of the molecule is NC(=O)CCO. The molecule has 36 valence electrons. The van der Waals surface area contributed by atoms with Crippen LogP contribution in [0, 0.1) is 0 Å². The second-order valence-corrected chi connectivity index (χ2v) is 0.940. The Kier molecular flexibility index (Phi) is 2.40. The molecule has 0 fully saturated rings. The number of aliphatic hydroxyl groups is 1. The topological polar surface area (TPSA) is 63.3 Å². The van der Waals surface area contributed by atoms with Gasteiger partial charge in [0.15, 0.2) is 0 Å². The molecule has 0 aromatic heterocycles. The third kappa shape index (κ3) is 3.43. The normalized spacial score (nSPS) is 8.17. The van der Waals surface area contributed by atoms with E-state index in [2.05, 4.69) is 5.73 Å². The van der Waals surface area contributed by atoms with E-state index in [4.69, 9.17) is 5.11 Å². The summed E-state index contributed by atoms with van der Waals surface area (Å²) < 4.78 is 0. The Labute approximate surface area is 35.8 Å². The Morgan fingerprint density at radius 3 is 2.33 bits per heavy atom. The number of amides is 1. The first-order chi connectivity index (χ1) is 2.77. The van der Waals surface area contributed by atoms with Crippen LogP contribution in [0.15, 0.2) is 0 Å². The van der Waals surface area contributed by atoms with Gasteiger partial charge < -0.3 is 10.8 Å². The van der Waals surface area contributed by atoms with Crippen LogP contribution in [0.1, 0.15) is 6.42 Å². The first-order valence-corrected chi connectivity index (χ1v) is 1.66. The summed E-state index contributed by atoms with van der Waals surface area (Å²) in [6.07, 6.45) is 0.0694. The zero-order valence-electron chi connectivity index (χ0n) is 3.35. The summed E-state index contributed by atoms with van der Waals surface area (Å²) in [7, 11) is 0. The van der Waals surface area contributed by atoms with Gasteiger partial charge in [0.25, 0.3) is 0 Å². The van der Waals surface area contributed by atoms with Crippen LogP contribution in [-0.2, 0) is 4.79 Å². The van der Waals surface area contributed by atoms with Crippen LogP contribution in [-0.4, -0.2) is 17.6 Å². The average Bonchev–Trinajstić information content (AvgIpc) is 1.35. The van der Waals surface area contributed by atoms with Gasteiger partial charge in [0.05, 0.1) is 6.61 Å². The Balaban J connectivity index is 2.83. The van der Waals surface area contributed by atoms with Crippen LogP contribution in [0.4, 0.5) is 0 Å². The summed E-state index contributed by atoms with van der Waals surface area (Å²) in [4.78, 5) is 9.66. The number of carbonyl (C=O) groups is 1. The summed E-state index contributed by atoms with van der Waals surface area (Å²) in [6, 6.07) is 0. The minimum atomic E-state index is -0.461. The van der Waals surface area contributed by atoms with E-state index in [0.717, 1.165) is 0 Å². The molecule has 0 saturated carbocycles. The highest BCUT2D eigenvalue weighted by molar-refractivity contribution is 5.73. The maximum Gasteiger partial charge on any atom is 0.219 e. The van der Waals surface area contributed by atoms with E-state index in [0.29, 0.717) is 0 Å². The molecular weight excluding hydrogens is 82.0 g/mol. The van der Waals surface area contributed by atoms with Gasteiger partial charge >= 0.3 is 0 Å². The van der Waals surface area contributed by atoms with E-state index in [9.17, 15) is 4.79 Å². The third-order valence-corrected chi connectivity index (χ3v) is 0.358. The van der Waals surface area contributed by atoms with Crippen molar-refractivity contribution < 1.29 is 9.90 Å². The van der Waals surface area contributed by atoms with Crippen molar-refractivity contribution in [1.29, 1.82) is 0 Å². The maximum atomic E-state index is 9.66. The summed E-state index contributed by atoms with van der Waals surface area (Å²) >= 11 is 0. The molecular formula is C3H7NO2. The molecule has 0 aliphatic heterocycles. The number of primary amides is 1. The molecule has 3 heteroatoms. The van der Waals surface area contributed by atoms with Gasteiger partial charge in [-0.1, -0.05) is 0 Å². The van der Waals surface area contributed by atoms with E-state index >= 15 is 0 Å². The molecule has 0 bridgehead atoms. The molecule has 3 N–H and O–H groups in total. The van der Waals surface area contributed by atoms with Crippen LogP contribution in [0.3, 0.4) is 0 Å². The average molecular weight is 89.1 g/mol. The molecule has 0 saturated heterocycles. The molecule has 0 aromatic rings. The van der Waals surface area contributed by atoms with Crippen LogP contribution >= 0.6 is 0 Å². The van der Waals surface area contributed by atoms with Crippen molar-refractivity contribution in [2.75, 3.05) is 6.61 Å². The molecule has 0 rings (SSSR count). The molecule has 3 nitrogen and oxygen atoms in total. The van der Waals surface area contributed by atoms with E-state index in [1.165, 1.54) is 0 Å². The monoisotopic (exact) mass is 89.0 g/mol. The van der Waals surface area contributed by atoms with Gasteiger partial charge in [-0.05, 0) is 0 Å². The number of hydrogen-bond donors (Lipinski definition) is 2. The molecule has 0 unspecified atom stereocenters. The van der Waals surface area contributed by atoms with Gasteiger partial charge in [-0.25, -0.2) is 0 Å². The number of aliphatic hydroxyl groups excluding tert-OH is 1. The lowest BCUT2D eigenvalue weighted by Crippen LogP contribution is -2.11. The zero-order chi connectivity index (χ0) is 4.99. The Hall–Kier alpha value is -0.570. The van der Waals surface area contributed by atoms with E-state index in [1.54, 1.807) is 0 Å². The minimum absolute atomic E-state index is 0.0694. The van der Waals surface area contributed by atoms with Crippen molar-refractivity contribution in [3.05, 3.63) is 0 Å². The Morgan fingerprint density at radius 2 is 2.33 bits per heavy atom. The lowest BCUT2D eigenvalue weighted by Gasteiger charge is -1.81. The molecule has 6 heavy (non-hydrogen) atoms. The highest BCUT2D eigenvalue weighted by atomic mass is 16.3. The standard InChI is InChI=1S/C3H7NO2/c4-3(6)1-2-5/h5H,1-2H2,(H2,4,6). The lowest BCUT2D eigenvalue weighted by atomic mass is 10.4. The van der Waals surface area contributed by atoms with Crippen molar-refractivity contribution in [1.82, 2.24) is 0 Å². The highest BCUT2D eigenvalue weighted by Crippen LogP contribution is 1.66. The molecule has 0 aromatic carbocycles. The second kappa shape index (κ2) is 2.66. The maximum absolute atomic E-state index is 9.66. The van der Waals surface area contributed by atoms with Gasteiger partial charge in [-0.3, -0.25) is 4.79 Å². The molecule has 0 radical (unpaired) electrons. The molecule has 0 aliphatic rings. The van der Waals surface area contributed by atoms with Gasteiger partial charge in [-0.2, -0.15) is 0 Å². The number of hydrogen-bond acceptors (Lipinski definition) is 2. The van der Waals surface area contributed by atoms with Crippen LogP contribution in [0.25, 0.3) is 0 Å². The van der Waals surface area contributed by atoms with Gasteiger partial charge in [-0.15, -0.1) is 0 Å². The number of rotatable bonds is 2. The fourth-order valence-corrected chi connectivity index (χ4v) is 0.110. The lowest BCUT2D eigenvalue weighted by molar-refractivity contribution is -0.118. The van der Waals surface area contributed by atoms with Gasteiger partial charge in [0.1, 0.15) is 0 Å². The molecule has 0 heterocycles. The van der Waals surface area contributed by atoms with E-state index < -0.39 is 5.91 Å². The zero-order valence-corrected chi connectivity index (χ0v) is 3.35. The van der Waals surface area contributed by atoms with Crippen LogP contribution < -0.4 is 5.73 Å². The number of carbonyl (C=O) groups excluding carboxylic acids is 1. The first kappa shape index (κ1) is 5.43. The van der Waals surface area contributed by atoms with E-state index in [-0.39, 0.29) is 13.0 Å². The van der Waals surface area contributed by atoms with Crippen molar-refractivity contribution in [2.45, 2.75) is 6.42 Å². The fraction of sp³-hybridized carbons (Fsp3) is 0.667. The summed E-state index contributed by atoms with van der Waals surface area (Å²) in [5, 5.41) is 7.94. The highest BCUT2D eigenvalue weighted by Gasteiger charge is 1.85. The van der Waals surface area contributed by atoms with Crippen molar-refractivity contribution in [3.63, 3.8) is 0 Å². The number of nitrogens with two attached hydrogens (primary N) is 1. The smallest absolute Gasteiger partial charge is 0.219 e. The van der Waals surface area contributed by atoms with Crippen LogP contribution in [0.2, 0.25) is 0 Å². The van der Waals surface area contributed by atoms with Crippen molar-refractivity contribution in [2.24, 2.45) is 5.73 Å². The molecule has 0 aliphatic carbocycles. The fourth-order valence-electron chi connectivity index (χ4n) is 0.110. The van der Waals surface area contributed by atoms with Crippen molar-refractivity contribution in [3.8, 4) is 0 Å². The summed E-state index contributed by atoms with van der Waals surface area (Å²) in [6.45, 7) is -0.144.